The molecule has 6 heteroatoms. The van der Waals surface area contributed by atoms with E-state index in [2.05, 4.69) is 15.5 Å². The van der Waals surface area contributed by atoms with Gasteiger partial charge in [-0.2, -0.15) is 5.10 Å². The largest absolute Gasteiger partial charge is 0.348 e. The summed E-state index contributed by atoms with van der Waals surface area (Å²) in [5.74, 6) is -0.851. The number of aromatic amines is 1. The van der Waals surface area contributed by atoms with Crippen LogP contribution in [0.3, 0.4) is 0 Å². The molecule has 0 saturated heterocycles. The van der Waals surface area contributed by atoms with Crippen LogP contribution in [0.4, 0.5) is 4.39 Å². The van der Waals surface area contributed by atoms with E-state index in [4.69, 9.17) is 11.6 Å². The number of nitrogens with one attached hydrogen (secondary N) is 2. The van der Waals surface area contributed by atoms with E-state index in [1.165, 1.54) is 18.2 Å². The van der Waals surface area contributed by atoms with Gasteiger partial charge in [0.05, 0.1) is 11.2 Å². The molecule has 0 spiro atoms. The Morgan fingerprint density at radius 1 is 1.56 bits per heavy atom. The van der Waals surface area contributed by atoms with Gasteiger partial charge in [-0.25, -0.2) is 4.39 Å². The zero-order valence-corrected chi connectivity index (χ0v) is 10.4. The maximum absolute atomic E-state index is 12.9. The number of halogens is 2. The Bertz CT molecular complexity index is 582. The highest BCUT2D eigenvalue weighted by atomic mass is 35.5. The van der Waals surface area contributed by atoms with Crippen molar-refractivity contribution in [1.82, 2.24) is 15.5 Å². The maximum atomic E-state index is 12.9. The van der Waals surface area contributed by atoms with E-state index in [1.807, 2.05) is 6.92 Å². The molecule has 1 amide bonds. The highest BCUT2D eigenvalue weighted by Gasteiger charge is 2.09. The molecule has 94 valence electrons. The highest BCUT2D eigenvalue weighted by molar-refractivity contribution is 6.31. The van der Waals surface area contributed by atoms with Gasteiger partial charge in [0.15, 0.2) is 0 Å². The van der Waals surface area contributed by atoms with Crippen molar-refractivity contribution in [2.75, 3.05) is 0 Å². The predicted octanol–water partition coefficient (Wildman–Crippen LogP) is 2.44. The van der Waals surface area contributed by atoms with Crippen molar-refractivity contribution < 1.29 is 9.18 Å². The molecule has 0 atom stereocenters. The third-order valence-corrected chi connectivity index (χ3v) is 2.85. The number of amides is 1. The standard InChI is InChI=1S/C12H11ClFN3O/c1-7-9(6-16-17-7)5-15-12(18)8-2-3-11(14)10(13)4-8/h2-4,6H,5H2,1H3,(H,15,18)(H,16,17). The molecule has 4 nitrogen and oxygen atoms in total. The van der Waals surface area contributed by atoms with Crippen LogP contribution in [0, 0.1) is 12.7 Å². The van der Waals surface area contributed by atoms with Crippen molar-refractivity contribution in [2.24, 2.45) is 0 Å². The first-order valence-electron chi connectivity index (χ1n) is 5.30. The third-order valence-electron chi connectivity index (χ3n) is 2.56. The molecule has 1 aromatic heterocycles. The van der Waals surface area contributed by atoms with Gasteiger partial charge in [-0.05, 0) is 25.1 Å². The van der Waals surface area contributed by atoms with Crippen LogP contribution in [-0.4, -0.2) is 16.1 Å². The van der Waals surface area contributed by atoms with Crippen LogP contribution < -0.4 is 5.32 Å². The quantitative estimate of drug-likeness (QED) is 0.897. The summed E-state index contributed by atoms with van der Waals surface area (Å²) in [6.07, 6.45) is 1.65. The Balaban J connectivity index is 2.04. The van der Waals surface area contributed by atoms with Gasteiger partial charge in [-0.1, -0.05) is 11.6 Å². The van der Waals surface area contributed by atoms with Crippen molar-refractivity contribution in [2.45, 2.75) is 13.5 Å². The molecule has 1 heterocycles. The van der Waals surface area contributed by atoms with Crippen LogP contribution in [0.2, 0.25) is 5.02 Å². The number of carbonyl (C=O) groups is 1. The molecule has 2 N–H and O–H groups in total. The van der Waals surface area contributed by atoms with Crippen molar-refractivity contribution in [3.63, 3.8) is 0 Å². The number of aromatic nitrogens is 2. The molecule has 0 aliphatic carbocycles. The molecule has 2 aromatic rings. The first kappa shape index (κ1) is 12.6. The van der Waals surface area contributed by atoms with E-state index in [0.29, 0.717) is 12.1 Å². The normalized spacial score (nSPS) is 10.4. The summed E-state index contributed by atoms with van der Waals surface area (Å²) in [7, 11) is 0. The molecular weight excluding hydrogens is 257 g/mol. The highest BCUT2D eigenvalue weighted by Crippen LogP contribution is 2.16. The number of H-pyrrole nitrogens is 1. The minimum absolute atomic E-state index is 0.0675. The van der Waals surface area contributed by atoms with Crippen LogP contribution in [0.25, 0.3) is 0 Å². The molecule has 0 bridgehead atoms. The average Bonchev–Trinajstić information content (AvgIpc) is 2.75. The minimum Gasteiger partial charge on any atom is -0.348 e. The number of carbonyl (C=O) groups excluding carboxylic acids is 1. The van der Waals surface area contributed by atoms with Crippen LogP contribution in [0.15, 0.2) is 24.4 Å². The molecule has 0 aliphatic rings. The fourth-order valence-corrected chi connectivity index (χ4v) is 1.65. The van der Waals surface area contributed by atoms with E-state index in [-0.39, 0.29) is 10.9 Å². The van der Waals surface area contributed by atoms with Gasteiger partial charge in [-0.15, -0.1) is 0 Å². The minimum atomic E-state index is -0.543. The van der Waals surface area contributed by atoms with Gasteiger partial charge in [0.25, 0.3) is 5.91 Å². The number of rotatable bonds is 3. The molecular formula is C12H11ClFN3O. The molecule has 1 aromatic carbocycles. The molecule has 2 rings (SSSR count). The lowest BCUT2D eigenvalue weighted by atomic mass is 10.2. The van der Waals surface area contributed by atoms with Crippen LogP contribution >= 0.6 is 11.6 Å². The second-order valence-corrected chi connectivity index (χ2v) is 4.24. The topological polar surface area (TPSA) is 57.8 Å². The Morgan fingerprint density at radius 3 is 2.94 bits per heavy atom. The first-order chi connectivity index (χ1) is 8.58. The summed E-state index contributed by atoms with van der Waals surface area (Å²) in [6, 6.07) is 3.85. The molecule has 0 saturated carbocycles. The fourth-order valence-electron chi connectivity index (χ4n) is 1.47. The van der Waals surface area contributed by atoms with Gasteiger partial charge in [0.2, 0.25) is 0 Å². The Hall–Kier alpha value is -1.88. The van der Waals surface area contributed by atoms with E-state index in [9.17, 15) is 9.18 Å². The lowest BCUT2D eigenvalue weighted by molar-refractivity contribution is 0.0951. The summed E-state index contributed by atoms with van der Waals surface area (Å²) in [5, 5.41) is 9.27. The second kappa shape index (κ2) is 5.18. The SMILES string of the molecule is Cc1[nH]ncc1CNC(=O)c1ccc(F)c(Cl)c1. The zero-order valence-electron chi connectivity index (χ0n) is 9.63. The van der Waals surface area contributed by atoms with Gasteiger partial charge in [-0.3, -0.25) is 9.89 Å². The number of benzene rings is 1. The van der Waals surface area contributed by atoms with E-state index in [0.717, 1.165) is 11.3 Å². The molecule has 0 aliphatic heterocycles. The van der Waals surface area contributed by atoms with Gasteiger partial charge >= 0.3 is 0 Å². The summed E-state index contributed by atoms with van der Waals surface area (Å²) in [6.45, 7) is 2.22. The zero-order chi connectivity index (χ0) is 13.1. The van der Waals surface area contributed by atoms with Gasteiger partial charge in [0, 0.05) is 23.4 Å². The smallest absolute Gasteiger partial charge is 0.251 e. The summed E-state index contributed by atoms with van der Waals surface area (Å²) < 4.78 is 12.9. The fraction of sp³-hybridized carbons (Fsp3) is 0.167. The number of hydrogen-bond acceptors (Lipinski definition) is 2. The summed E-state index contributed by atoms with van der Waals surface area (Å²) in [5.41, 5.74) is 2.12. The van der Waals surface area contributed by atoms with Crippen molar-refractivity contribution in [3.05, 3.63) is 52.1 Å². The van der Waals surface area contributed by atoms with E-state index in [1.54, 1.807) is 6.20 Å². The summed E-state index contributed by atoms with van der Waals surface area (Å²) in [4.78, 5) is 11.8. The average molecular weight is 268 g/mol. The lowest BCUT2D eigenvalue weighted by Crippen LogP contribution is -2.22. The Kier molecular flexibility index (Phi) is 3.62. The van der Waals surface area contributed by atoms with Gasteiger partial charge < -0.3 is 5.32 Å². The summed E-state index contributed by atoms with van der Waals surface area (Å²) >= 11 is 5.61. The maximum Gasteiger partial charge on any atom is 0.251 e. The van der Waals surface area contributed by atoms with Crippen molar-refractivity contribution in [3.8, 4) is 0 Å². The Morgan fingerprint density at radius 2 is 2.33 bits per heavy atom. The molecule has 0 unspecified atom stereocenters. The van der Waals surface area contributed by atoms with Crippen molar-refractivity contribution in [1.29, 1.82) is 0 Å². The van der Waals surface area contributed by atoms with Crippen LogP contribution in [-0.2, 0) is 6.54 Å². The molecule has 0 fully saturated rings. The monoisotopic (exact) mass is 267 g/mol. The second-order valence-electron chi connectivity index (χ2n) is 3.83. The van der Waals surface area contributed by atoms with E-state index >= 15 is 0 Å². The van der Waals surface area contributed by atoms with Crippen molar-refractivity contribution >= 4 is 17.5 Å². The Labute approximate surface area is 108 Å². The lowest BCUT2D eigenvalue weighted by Gasteiger charge is -2.05. The van der Waals surface area contributed by atoms with E-state index < -0.39 is 5.82 Å². The number of aryl methyl sites for hydroxylation is 1. The first-order valence-corrected chi connectivity index (χ1v) is 5.68. The van der Waals surface area contributed by atoms with Gasteiger partial charge in [0.1, 0.15) is 5.82 Å². The molecule has 0 radical (unpaired) electrons. The molecule has 18 heavy (non-hydrogen) atoms. The van der Waals surface area contributed by atoms with Crippen LogP contribution in [0.1, 0.15) is 21.6 Å². The number of nitrogens with zero attached hydrogens (tertiary/aromatic N) is 1. The predicted molar refractivity (Wildman–Crippen MR) is 65.9 cm³/mol. The number of hydrogen-bond donors (Lipinski definition) is 2. The van der Waals surface area contributed by atoms with Crippen LogP contribution in [0.5, 0.6) is 0 Å². The third kappa shape index (κ3) is 2.68.